The van der Waals surface area contributed by atoms with Crippen molar-refractivity contribution in [2.45, 2.75) is 45.6 Å². The molecule has 0 fully saturated rings. The van der Waals surface area contributed by atoms with E-state index in [1.165, 1.54) is 10.4 Å². The molecule has 1 aliphatic rings. The summed E-state index contributed by atoms with van der Waals surface area (Å²) in [5.74, 6) is 1.22. The van der Waals surface area contributed by atoms with E-state index in [0.29, 0.717) is 24.9 Å². The van der Waals surface area contributed by atoms with Gasteiger partial charge in [-0.15, -0.1) is 11.3 Å². The maximum absolute atomic E-state index is 12.8. The zero-order valence-electron chi connectivity index (χ0n) is 17.1. The predicted molar refractivity (Wildman–Crippen MR) is 112 cm³/mol. The van der Waals surface area contributed by atoms with Gasteiger partial charge in [0.25, 0.3) is 5.56 Å². The number of thiophene rings is 1. The number of nitrogens with zero attached hydrogens (tertiary/aromatic N) is 2. The number of carbonyl (C=O) groups excluding carboxylic acids is 1. The van der Waals surface area contributed by atoms with Crippen LogP contribution in [0.3, 0.4) is 0 Å². The smallest absolute Gasteiger partial charge is 0.259 e. The van der Waals surface area contributed by atoms with Gasteiger partial charge < -0.3 is 15.0 Å². The van der Waals surface area contributed by atoms with E-state index in [1.807, 2.05) is 18.9 Å². The van der Waals surface area contributed by atoms with Gasteiger partial charge in [0.05, 0.1) is 18.0 Å². The highest BCUT2D eigenvalue weighted by Crippen LogP contribution is 2.35. The highest BCUT2D eigenvalue weighted by molar-refractivity contribution is 7.18. The summed E-state index contributed by atoms with van der Waals surface area (Å²) in [5.41, 5.74) is 1.13. The average molecular weight is 407 g/mol. The molecule has 2 heterocycles. The van der Waals surface area contributed by atoms with Crippen molar-refractivity contribution in [3.05, 3.63) is 26.6 Å². The minimum atomic E-state index is -0.167. The van der Waals surface area contributed by atoms with Crippen molar-refractivity contribution >= 4 is 27.5 Å². The summed E-state index contributed by atoms with van der Waals surface area (Å²) < 4.78 is 4.98. The zero-order valence-corrected chi connectivity index (χ0v) is 17.9. The number of hydrogen-bond donors (Lipinski definition) is 2. The Morgan fingerprint density at radius 2 is 2.29 bits per heavy atom. The maximum atomic E-state index is 12.8. The van der Waals surface area contributed by atoms with Gasteiger partial charge in [-0.1, -0.05) is 6.92 Å². The molecule has 0 spiro atoms. The van der Waals surface area contributed by atoms with Crippen LogP contribution in [0.2, 0.25) is 0 Å². The molecule has 0 bridgehead atoms. The highest BCUT2D eigenvalue weighted by Gasteiger charge is 2.24. The van der Waals surface area contributed by atoms with Crippen molar-refractivity contribution in [1.82, 2.24) is 20.2 Å². The fourth-order valence-corrected chi connectivity index (χ4v) is 5.03. The number of hydrogen-bond acceptors (Lipinski definition) is 6. The third-order valence-corrected chi connectivity index (χ3v) is 6.63. The lowest BCUT2D eigenvalue weighted by Gasteiger charge is -2.23. The van der Waals surface area contributed by atoms with Gasteiger partial charge in [0.2, 0.25) is 5.91 Å². The van der Waals surface area contributed by atoms with Gasteiger partial charge in [0.1, 0.15) is 10.7 Å². The van der Waals surface area contributed by atoms with Crippen LogP contribution in [0.4, 0.5) is 0 Å². The van der Waals surface area contributed by atoms with E-state index in [0.717, 1.165) is 35.9 Å². The molecule has 0 radical (unpaired) electrons. The van der Waals surface area contributed by atoms with Gasteiger partial charge in [0.15, 0.2) is 0 Å². The lowest BCUT2D eigenvalue weighted by atomic mass is 9.89. The molecule has 0 saturated carbocycles. The van der Waals surface area contributed by atoms with E-state index in [4.69, 9.17) is 9.72 Å². The van der Waals surface area contributed by atoms with Crippen molar-refractivity contribution < 1.29 is 9.53 Å². The van der Waals surface area contributed by atoms with E-state index in [2.05, 4.69) is 17.2 Å². The molecule has 7 nitrogen and oxygen atoms in total. The Kier molecular flexibility index (Phi) is 6.85. The second kappa shape index (κ2) is 9.15. The fraction of sp³-hybridized carbons (Fsp3) is 0.650. The second-order valence-corrected chi connectivity index (χ2v) is 8.85. The van der Waals surface area contributed by atoms with Crippen LogP contribution in [0.5, 0.6) is 0 Å². The number of aryl methyl sites for hydroxylation is 1. The Morgan fingerprint density at radius 3 is 3.04 bits per heavy atom. The molecule has 154 valence electrons. The molecule has 2 unspecified atom stereocenters. The summed E-state index contributed by atoms with van der Waals surface area (Å²) in [5, 5.41) is 3.65. The van der Waals surface area contributed by atoms with E-state index < -0.39 is 0 Å². The van der Waals surface area contributed by atoms with E-state index in [9.17, 15) is 9.59 Å². The zero-order chi connectivity index (χ0) is 20.3. The number of ether oxygens (including phenoxy) is 1. The van der Waals surface area contributed by atoms with Crippen molar-refractivity contribution in [3.63, 3.8) is 0 Å². The van der Waals surface area contributed by atoms with Crippen molar-refractivity contribution in [2.24, 2.45) is 5.92 Å². The summed E-state index contributed by atoms with van der Waals surface area (Å²) in [6.45, 7) is 5.68. The third-order valence-electron chi connectivity index (χ3n) is 5.48. The first-order valence-electron chi connectivity index (χ1n) is 9.91. The molecule has 2 aromatic heterocycles. The SMILES string of the molecule is COCCCNC(=O)CN(C)C(C)c1nc2sc3c(c2c(=O)[nH]1)CCC(C)C3. The predicted octanol–water partition coefficient (Wildman–Crippen LogP) is 2.25. The molecule has 1 amide bonds. The van der Waals surface area contributed by atoms with E-state index in [1.54, 1.807) is 18.4 Å². The van der Waals surface area contributed by atoms with Crippen LogP contribution in [-0.4, -0.2) is 54.6 Å². The van der Waals surface area contributed by atoms with Gasteiger partial charge in [-0.05, 0) is 51.1 Å². The van der Waals surface area contributed by atoms with Gasteiger partial charge >= 0.3 is 0 Å². The number of aromatic nitrogens is 2. The van der Waals surface area contributed by atoms with Gasteiger partial charge in [-0.25, -0.2) is 4.98 Å². The van der Waals surface area contributed by atoms with Crippen LogP contribution in [0.1, 0.15) is 49.0 Å². The summed E-state index contributed by atoms with van der Waals surface area (Å²) in [4.78, 5) is 36.6. The van der Waals surface area contributed by atoms with Crippen LogP contribution in [0, 0.1) is 5.92 Å². The Labute approximate surface area is 169 Å². The number of H-pyrrole nitrogens is 1. The van der Waals surface area contributed by atoms with E-state index >= 15 is 0 Å². The molecule has 0 aliphatic heterocycles. The summed E-state index contributed by atoms with van der Waals surface area (Å²) in [6, 6.07) is -0.167. The molecule has 1 aliphatic carbocycles. The van der Waals surface area contributed by atoms with Crippen LogP contribution in [-0.2, 0) is 22.4 Å². The first kappa shape index (κ1) is 21.0. The fourth-order valence-electron chi connectivity index (χ4n) is 3.64. The first-order chi connectivity index (χ1) is 13.4. The Balaban J connectivity index is 1.72. The highest BCUT2D eigenvalue weighted by atomic mass is 32.1. The number of fused-ring (bicyclic) bond motifs is 3. The average Bonchev–Trinajstić information content (AvgIpc) is 3.02. The number of aromatic amines is 1. The molecule has 2 N–H and O–H groups in total. The molecule has 2 aromatic rings. The van der Waals surface area contributed by atoms with Crippen LogP contribution in [0.15, 0.2) is 4.79 Å². The summed E-state index contributed by atoms with van der Waals surface area (Å²) in [7, 11) is 3.51. The summed E-state index contributed by atoms with van der Waals surface area (Å²) >= 11 is 1.65. The number of amides is 1. The van der Waals surface area contributed by atoms with Crippen molar-refractivity contribution in [1.29, 1.82) is 0 Å². The molecule has 2 atom stereocenters. The standard InChI is InChI=1S/C20H30N4O3S/c1-12-6-7-14-15(10-12)28-20-17(14)19(26)22-18(23-20)13(2)24(3)11-16(25)21-8-5-9-27-4/h12-13H,5-11H2,1-4H3,(H,21,25)(H,22,23,26). The molecule has 28 heavy (non-hydrogen) atoms. The molecule has 3 rings (SSSR count). The number of likely N-dealkylation sites (N-methyl/N-ethyl adjacent to an activating group) is 1. The summed E-state index contributed by atoms with van der Waals surface area (Å²) in [6.07, 6.45) is 3.90. The third kappa shape index (κ3) is 4.61. The molecular weight excluding hydrogens is 376 g/mol. The quantitative estimate of drug-likeness (QED) is 0.657. The van der Waals surface area contributed by atoms with Crippen molar-refractivity contribution in [2.75, 3.05) is 33.9 Å². The number of rotatable bonds is 8. The lowest BCUT2D eigenvalue weighted by molar-refractivity contribution is -0.122. The molecular formula is C20H30N4O3S. The topological polar surface area (TPSA) is 87.3 Å². The number of methoxy groups -OCH3 is 1. The largest absolute Gasteiger partial charge is 0.385 e. The first-order valence-corrected chi connectivity index (χ1v) is 10.7. The lowest BCUT2D eigenvalue weighted by Crippen LogP contribution is -2.37. The number of carbonyl (C=O) groups is 1. The Hall–Kier alpha value is -1.77. The number of nitrogens with one attached hydrogen (secondary N) is 2. The second-order valence-electron chi connectivity index (χ2n) is 7.77. The van der Waals surface area contributed by atoms with E-state index in [-0.39, 0.29) is 24.1 Å². The molecule has 0 saturated heterocycles. The maximum Gasteiger partial charge on any atom is 0.259 e. The monoisotopic (exact) mass is 406 g/mol. The Morgan fingerprint density at radius 1 is 1.50 bits per heavy atom. The van der Waals surface area contributed by atoms with Crippen LogP contribution < -0.4 is 10.9 Å². The Bertz CT molecular complexity index is 891. The van der Waals surface area contributed by atoms with Crippen LogP contribution in [0.25, 0.3) is 10.2 Å². The minimum absolute atomic E-state index is 0.0468. The molecule has 8 heteroatoms. The van der Waals surface area contributed by atoms with Crippen LogP contribution >= 0.6 is 11.3 Å². The molecule has 0 aromatic carbocycles. The minimum Gasteiger partial charge on any atom is -0.385 e. The van der Waals surface area contributed by atoms with Gasteiger partial charge in [0, 0.05) is 25.1 Å². The normalized spacial score (nSPS) is 17.7. The van der Waals surface area contributed by atoms with Gasteiger partial charge in [-0.3, -0.25) is 14.5 Å². The van der Waals surface area contributed by atoms with Gasteiger partial charge in [-0.2, -0.15) is 0 Å². The van der Waals surface area contributed by atoms with Crippen molar-refractivity contribution in [3.8, 4) is 0 Å².